The Bertz CT molecular complexity index is 974. The van der Waals surface area contributed by atoms with Gasteiger partial charge in [0.2, 0.25) is 11.7 Å². The highest BCUT2D eigenvalue weighted by Gasteiger charge is 2.13. The molecule has 0 radical (unpaired) electrons. The second-order valence-corrected chi connectivity index (χ2v) is 5.96. The number of anilines is 1. The molecule has 1 amide bonds. The largest absolute Gasteiger partial charge is 0.323 e. The van der Waals surface area contributed by atoms with Crippen molar-refractivity contribution >= 4 is 40.5 Å². The number of halogens is 2. The van der Waals surface area contributed by atoms with Crippen LogP contribution in [-0.4, -0.2) is 31.0 Å². The van der Waals surface area contributed by atoms with Crippen molar-refractivity contribution in [2.24, 2.45) is 0 Å². The Morgan fingerprint density at radius 2 is 1.92 bits per heavy atom. The van der Waals surface area contributed by atoms with Crippen LogP contribution in [0.25, 0.3) is 11.4 Å². The summed E-state index contributed by atoms with van der Waals surface area (Å²) < 4.78 is 0. The fraction of sp³-hybridized carbons (Fsp3) is 0.0667. The van der Waals surface area contributed by atoms with Crippen LogP contribution in [0.4, 0.5) is 11.4 Å². The van der Waals surface area contributed by atoms with Gasteiger partial charge in [0.05, 0.1) is 15.6 Å². The zero-order valence-electron chi connectivity index (χ0n) is 13.0. The number of carbonyl (C=O) groups excluding carboxylic acids is 1. The zero-order valence-corrected chi connectivity index (χ0v) is 14.5. The smallest absolute Gasteiger partial charge is 0.271 e. The van der Waals surface area contributed by atoms with Crippen molar-refractivity contribution in [1.29, 1.82) is 0 Å². The summed E-state index contributed by atoms with van der Waals surface area (Å²) in [6.45, 7) is -0.200. The summed E-state index contributed by atoms with van der Waals surface area (Å²) in [4.78, 5) is 23.3. The molecule has 0 aliphatic heterocycles. The number of aromatic nitrogens is 4. The van der Waals surface area contributed by atoms with Crippen molar-refractivity contribution in [3.05, 3.63) is 62.6 Å². The summed E-state index contributed by atoms with van der Waals surface area (Å²) in [6, 6.07) is 10.6. The number of amides is 1. The Kier molecular flexibility index (Phi) is 5.10. The van der Waals surface area contributed by atoms with E-state index >= 15 is 0 Å². The van der Waals surface area contributed by atoms with E-state index in [0.29, 0.717) is 16.4 Å². The average Bonchev–Trinajstić information content (AvgIpc) is 3.05. The lowest BCUT2D eigenvalue weighted by Gasteiger charge is -2.06. The molecule has 1 heterocycles. The quantitative estimate of drug-likeness (QED) is 0.526. The number of nitrogens with zero attached hydrogens (tertiary/aromatic N) is 5. The highest BCUT2D eigenvalue weighted by molar-refractivity contribution is 6.34. The summed E-state index contributed by atoms with van der Waals surface area (Å²) in [7, 11) is 0. The molecule has 0 fully saturated rings. The van der Waals surface area contributed by atoms with E-state index in [0.717, 1.165) is 10.9 Å². The van der Waals surface area contributed by atoms with Gasteiger partial charge in [-0.1, -0.05) is 23.2 Å². The van der Waals surface area contributed by atoms with Gasteiger partial charge in [0.1, 0.15) is 6.54 Å². The van der Waals surface area contributed by atoms with Gasteiger partial charge in [-0.2, -0.15) is 4.80 Å². The number of nitrogens with one attached hydrogen (secondary N) is 1. The maximum atomic E-state index is 12.1. The maximum Gasteiger partial charge on any atom is 0.271 e. The van der Waals surface area contributed by atoms with E-state index < -0.39 is 10.8 Å². The van der Waals surface area contributed by atoms with Crippen LogP contribution in [0, 0.1) is 10.1 Å². The number of benzene rings is 2. The Morgan fingerprint density at radius 3 is 2.58 bits per heavy atom. The molecule has 2 aromatic carbocycles. The van der Waals surface area contributed by atoms with Crippen LogP contribution in [0.15, 0.2) is 42.5 Å². The molecule has 9 nitrogen and oxygen atoms in total. The predicted octanol–water partition coefficient (Wildman–Crippen LogP) is 3.19. The highest BCUT2D eigenvalue weighted by atomic mass is 35.5. The first-order valence-corrected chi connectivity index (χ1v) is 7.95. The molecule has 3 aromatic rings. The van der Waals surface area contributed by atoms with Gasteiger partial charge in [0, 0.05) is 22.7 Å². The molecule has 1 N–H and O–H groups in total. The van der Waals surface area contributed by atoms with E-state index in [1.807, 2.05) is 0 Å². The molecule has 0 aliphatic carbocycles. The third-order valence-electron chi connectivity index (χ3n) is 3.28. The highest BCUT2D eigenvalue weighted by Crippen LogP contribution is 2.26. The number of nitro groups is 1. The summed E-state index contributed by atoms with van der Waals surface area (Å²) in [5.74, 6) is -0.108. The van der Waals surface area contributed by atoms with E-state index in [4.69, 9.17) is 23.2 Å². The van der Waals surface area contributed by atoms with Crippen LogP contribution in [0.1, 0.15) is 0 Å². The third-order valence-corrected chi connectivity index (χ3v) is 3.84. The van der Waals surface area contributed by atoms with Gasteiger partial charge in [0.25, 0.3) is 5.69 Å². The van der Waals surface area contributed by atoms with Crippen molar-refractivity contribution in [2.45, 2.75) is 6.54 Å². The second-order valence-electron chi connectivity index (χ2n) is 5.12. The first-order valence-electron chi connectivity index (χ1n) is 7.20. The number of hydrogen-bond donors (Lipinski definition) is 1. The van der Waals surface area contributed by atoms with E-state index in [1.54, 1.807) is 24.3 Å². The van der Waals surface area contributed by atoms with E-state index in [-0.39, 0.29) is 22.9 Å². The van der Waals surface area contributed by atoms with Crippen molar-refractivity contribution in [3.8, 4) is 11.4 Å². The molecule has 0 saturated carbocycles. The van der Waals surface area contributed by atoms with Crippen LogP contribution in [0.3, 0.4) is 0 Å². The van der Waals surface area contributed by atoms with Crippen LogP contribution < -0.4 is 5.32 Å². The van der Waals surface area contributed by atoms with Gasteiger partial charge in [-0.05, 0) is 35.5 Å². The molecule has 0 spiro atoms. The zero-order chi connectivity index (χ0) is 18.7. The molecule has 0 bridgehead atoms. The Balaban J connectivity index is 1.67. The fourth-order valence-corrected chi connectivity index (χ4v) is 2.41. The van der Waals surface area contributed by atoms with Gasteiger partial charge < -0.3 is 5.32 Å². The normalized spacial score (nSPS) is 10.5. The van der Waals surface area contributed by atoms with Crippen molar-refractivity contribution in [2.75, 3.05) is 5.32 Å². The molecule has 0 aliphatic rings. The molecule has 0 unspecified atom stereocenters. The molecule has 0 atom stereocenters. The van der Waals surface area contributed by atoms with Crippen LogP contribution in [0.5, 0.6) is 0 Å². The first kappa shape index (κ1) is 17.8. The number of carbonyl (C=O) groups is 1. The Hall–Kier alpha value is -3.04. The molecular formula is C15H10Cl2N6O3. The minimum absolute atomic E-state index is 0.0564. The minimum atomic E-state index is -0.574. The topological polar surface area (TPSA) is 116 Å². The molecule has 0 saturated heterocycles. The van der Waals surface area contributed by atoms with Crippen LogP contribution in [-0.2, 0) is 11.3 Å². The average molecular weight is 393 g/mol. The van der Waals surface area contributed by atoms with Gasteiger partial charge in [0.15, 0.2) is 0 Å². The SMILES string of the molecule is O=C(Cn1nnc(-c2ccc(Cl)cc2)n1)Nc1ccc([N+](=O)[O-])cc1Cl. The van der Waals surface area contributed by atoms with E-state index in [2.05, 4.69) is 20.7 Å². The molecule has 11 heteroatoms. The first-order chi connectivity index (χ1) is 12.4. The van der Waals surface area contributed by atoms with Gasteiger partial charge >= 0.3 is 0 Å². The predicted molar refractivity (Wildman–Crippen MR) is 95.0 cm³/mol. The Labute approximate surface area is 156 Å². The minimum Gasteiger partial charge on any atom is -0.323 e. The maximum absolute atomic E-state index is 12.1. The lowest BCUT2D eigenvalue weighted by molar-refractivity contribution is -0.384. The molecular weight excluding hydrogens is 383 g/mol. The third kappa shape index (κ3) is 4.13. The molecule has 26 heavy (non-hydrogen) atoms. The lowest BCUT2D eigenvalue weighted by Crippen LogP contribution is -2.20. The second kappa shape index (κ2) is 7.46. The monoisotopic (exact) mass is 392 g/mol. The van der Waals surface area contributed by atoms with Gasteiger partial charge in [-0.15, -0.1) is 10.2 Å². The number of hydrogen-bond acceptors (Lipinski definition) is 6. The number of rotatable bonds is 5. The fourth-order valence-electron chi connectivity index (χ4n) is 2.06. The summed E-state index contributed by atoms with van der Waals surface area (Å²) in [6.07, 6.45) is 0. The van der Waals surface area contributed by atoms with Gasteiger partial charge in [-0.25, -0.2) is 0 Å². The van der Waals surface area contributed by atoms with Gasteiger partial charge in [-0.3, -0.25) is 14.9 Å². The van der Waals surface area contributed by atoms with E-state index in [9.17, 15) is 14.9 Å². The van der Waals surface area contributed by atoms with E-state index in [1.165, 1.54) is 12.1 Å². The van der Waals surface area contributed by atoms with Crippen molar-refractivity contribution in [1.82, 2.24) is 20.2 Å². The molecule has 1 aromatic heterocycles. The summed E-state index contributed by atoms with van der Waals surface area (Å²) >= 11 is 11.8. The van der Waals surface area contributed by atoms with Crippen molar-refractivity contribution in [3.63, 3.8) is 0 Å². The number of non-ortho nitro benzene ring substituents is 1. The Morgan fingerprint density at radius 1 is 1.19 bits per heavy atom. The molecule has 132 valence electrons. The van der Waals surface area contributed by atoms with Crippen LogP contribution >= 0.6 is 23.2 Å². The number of nitro benzene ring substituents is 1. The lowest BCUT2D eigenvalue weighted by atomic mass is 10.2. The molecule has 3 rings (SSSR count). The summed E-state index contributed by atoms with van der Waals surface area (Å²) in [5.41, 5.74) is 0.790. The van der Waals surface area contributed by atoms with Crippen LogP contribution in [0.2, 0.25) is 10.0 Å². The standard InChI is InChI=1S/C15H10Cl2N6O3/c16-10-3-1-9(2-4-10)15-19-21-22(20-15)8-14(24)18-13-6-5-11(23(25)26)7-12(13)17/h1-7H,8H2,(H,18,24). The van der Waals surface area contributed by atoms with Crippen molar-refractivity contribution < 1.29 is 9.72 Å². The number of tetrazole rings is 1. The summed E-state index contributed by atoms with van der Waals surface area (Å²) in [5, 5.41) is 25.7.